The number of ether oxygens (including phenoxy) is 2. The first kappa shape index (κ1) is 34.2. The minimum Gasteiger partial charge on any atom is -0.449 e. The monoisotopic (exact) mass is 657 g/mol. The van der Waals surface area contributed by atoms with Gasteiger partial charge < -0.3 is 19.2 Å². The highest BCUT2D eigenvalue weighted by atomic mass is 28.4. The Bertz CT molecular complexity index is 1530. The van der Waals surface area contributed by atoms with Gasteiger partial charge in [-0.15, -0.1) is 0 Å². The molecule has 10 heteroatoms. The maximum Gasteiger partial charge on any atom is 0.429 e. The molecule has 0 bridgehead atoms. The molecule has 2 atom stereocenters. The van der Waals surface area contributed by atoms with Gasteiger partial charge in [-0.1, -0.05) is 99.6 Å². The van der Waals surface area contributed by atoms with E-state index in [-0.39, 0.29) is 30.8 Å². The summed E-state index contributed by atoms with van der Waals surface area (Å²) < 4.78 is 17.9. The molecule has 3 aromatic carbocycles. The predicted octanol–water partition coefficient (Wildman–Crippen LogP) is 7.48. The number of carbonyl (C=O) groups excluding carboxylic acids is 3. The summed E-state index contributed by atoms with van der Waals surface area (Å²) in [5.41, 5.74) is 5.33. The van der Waals surface area contributed by atoms with Gasteiger partial charge in [-0.3, -0.25) is 4.79 Å². The van der Waals surface area contributed by atoms with E-state index in [1.54, 1.807) is 6.92 Å². The first-order valence-electron chi connectivity index (χ1n) is 16.4. The Labute approximate surface area is 279 Å². The molecule has 5 rings (SSSR count). The van der Waals surface area contributed by atoms with Crippen molar-refractivity contribution >= 4 is 26.4 Å². The van der Waals surface area contributed by atoms with Crippen LogP contribution < -0.4 is 5.32 Å². The fraction of sp³-hybridized carbons (Fsp3) is 0.432. The summed E-state index contributed by atoms with van der Waals surface area (Å²) >= 11 is 0. The highest BCUT2D eigenvalue weighted by Crippen LogP contribution is 2.44. The number of nitrogens with one attached hydrogen (secondary N) is 1. The molecule has 1 fully saturated rings. The van der Waals surface area contributed by atoms with Crippen LogP contribution in [-0.2, 0) is 25.3 Å². The minimum atomic E-state index is -2.15. The van der Waals surface area contributed by atoms with Crippen molar-refractivity contribution in [2.24, 2.45) is 0 Å². The highest BCUT2D eigenvalue weighted by Gasteiger charge is 2.42. The third-order valence-corrected chi connectivity index (χ3v) is 14.1. The van der Waals surface area contributed by atoms with Crippen LogP contribution in [-0.4, -0.2) is 68.3 Å². The van der Waals surface area contributed by atoms with E-state index in [1.807, 2.05) is 54.6 Å². The molecular formula is C37H47N3O6Si. The second-order valence-electron chi connectivity index (χ2n) is 13.9. The fourth-order valence-corrected chi connectivity index (χ4v) is 6.97. The largest absolute Gasteiger partial charge is 0.449 e. The lowest BCUT2D eigenvalue weighted by molar-refractivity contribution is -0.161. The molecule has 47 heavy (non-hydrogen) atoms. The summed E-state index contributed by atoms with van der Waals surface area (Å²) in [6.07, 6.45) is 0.0225. The molecule has 2 aliphatic rings. The van der Waals surface area contributed by atoms with Gasteiger partial charge >= 0.3 is 12.2 Å². The molecule has 1 saturated heterocycles. The van der Waals surface area contributed by atoms with Crippen LogP contribution in [0.1, 0.15) is 63.1 Å². The number of hydrogen-bond acceptors (Lipinski definition) is 6. The van der Waals surface area contributed by atoms with Crippen molar-refractivity contribution in [2.45, 2.75) is 83.3 Å². The number of nitrogens with zero attached hydrogens (tertiary/aromatic N) is 2. The lowest BCUT2D eigenvalue weighted by atomic mass is 9.98. The summed E-state index contributed by atoms with van der Waals surface area (Å²) in [5.74, 6) is -0.535. The highest BCUT2D eigenvalue weighted by molar-refractivity contribution is 6.74. The van der Waals surface area contributed by atoms with Crippen molar-refractivity contribution in [3.63, 3.8) is 0 Å². The number of alkyl carbamates (subject to hydrolysis) is 1. The van der Waals surface area contributed by atoms with E-state index >= 15 is 0 Å². The van der Waals surface area contributed by atoms with Crippen molar-refractivity contribution in [1.29, 1.82) is 0 Å². The fourth-order valence-electron chi connectivity index (χ4n) is 5.93. The van der Waals surface area contributed by atoms with E-state index < -0.39 is 38.5 Å². The van der Waals surface area contributed by atoms with Gasteiger partial charge in [0.1, 0.15) is 19.3 Å². The van der Waals surface area contributed by atoms with E-state index in [4.69, 9.17) is 13.9 Å². The third-order valence-electron chi connectivity index (χ3n) is 9.65. The normalized spacial score (nSPS) is 17.0. The molecule has 3 amide bonds. The third kappa shape index (κ3) is 7.71. The van der Waals surface area contributed by atoms with Crippen molar-refractivity contribution in [2.75, 3.05) is 19.8 Å². The molecule has 9 nitrogen and oxygen atoms in total. The van der Waals surface area contributed by atoms with Crippen LogP contribution in [0.4, 0.5) is 9.59 Å². The standard InChI is InChI=1S/C37H47N3O6Si/c1-26(38-35(42)44-25-33-31-20-12-10-18-29(31)30-19-11-13-21-32(30)33)34(41)40-28(24-46-47(5,6)37(2,3)4)17-14-22-39(40)36(43)45-23-27-15-8-7-9-16-27/h7-13,15-16,18-21,26,28,33H,14,17,22-25H2,1-6H3,(H,38,42)/t26-,28+/m0/s1. The zero-order chi connectivity index (χ0) is 33.8. The number of benzene rings is 3. The van der Waals surface area contributed by atoms with Crippen LogP contribution in [0.2, 0.25) is 18.1 Å². The van der Waals surface area contributed by atoms with Crippen LogP contribution in [0.25, 0.3) is 11.1 Å². The Morgan fingerprint density at radius 1 is 0.872 bits per heavy atom. The van der Waals surface area contributed by atoms with E-state index in [1.165, 1.54) is 10.0 Å². The van der Waals surface area contributed by atoms with E-state index in [9.17, 15) is 14.4 Å². The molecule has 0 spiro atoms. The number of amides is 3. The van der Waals surface area contributed by atoms with Crippen LogP contribution >= 0.6 is 0 Å². The molecule has 250 valence electrons. The SMILES string of the molecule is C[C@H](NC(=O)OCC1c2ccccc2-c2ccccc21)C(=O)N1[C@@H](CO[Si](C)(C)C(C)(C)C)CCCN1C(=O)OCc1ccccc1. The molecule has 1 N–H and O–H groups in total. The average Bonchev–Trinajstić information content (AvgIpc) is 3.38. The van der Waals surface area contributed by atoms with Gasteiger partial charge in [0.15, 0.2) is 8.32 Å². The van der Waals surface area contributed by atoms with Gasteiger partial charge in [-0.25, -0.2) is 19.6 Å². The van der Waals surface area contributed by atoms with Gasteiger partial charge in [0.2, 0.25) is 0 Å². The minimum absolute atomic E-state index is 0.0240. The van der Waals surface area contributed by atoms with Crippen LogP contribution in [0.3, 0.4) is 0 Å². The van der Waals surface area contributed by atoms with Crippen molar-refractivity contribution in [1.82, 2.24) is 15.3 Å². The molecule has 1 aliphatic carbocycles. The Morgan fingerprint density at radius 3 is 2.09 bits per heavy atom. The zero-order valence-corrected chi connectivity index (χ0v) is 29.3. The number of rotatable bonds is 9. The van der Waals surface area contributed by atoms with Crippen molar-refractivity contribution in [3.05, 3.63) is 95.6 Å². The van der Waals surface area contributed by atoms with Gasteiger partial charge in [-0.2, -0.15) is 0 Å². The van der Waals surface area contributed by atoms with Crippen molar-refractivity contribution < 1.29 is 28.3 Å². The topological polar surface area (TPSA) is 97.4 Å². The van der Waals surface area contributed by atoms with Gasteiger partial charge in [0.25, 0.3) is 5.91 Å². The van der Waals surface area contributed by atoms with Crippen molar-refractivity contribution in [3.8, 4) is 11.1 Å². The first-order chi connectivity index (χ1) is 22.4. The smallest absolute Gasteiger partial charge is 0.429 e. The summed E-state index contributed by atoms with van der Waals surface area (Å²) in [6.45, 7) is 13.2. The second-order valence-corrected chi connectivity index (χ2v) is 18.7. The molecule has 0 saturated carbocycles. The second kappa shape index (κ2) is 14.3. The van der Waals surface area contributed by atoms with Crippen LogP contribution in [0, 0.1) is 0 Å². The first-order valence-corrected chi connectivity index (χ1v) is 19.3. The van der Waals surface area contributed by atoms with E-state index in [2.05, 4.69) is 63.4 Å². The number of carbonyl (C=O) groups is 3. The number of hydrogen-bond donors (Lipinski definition) is 1. The molecule has 0 radical (unpaired) electrons. The lowest BCUT2D eigenvalue weighted by Gasteiger charge is -2.45. The zero-order valence-electron chi connectivity index (χ0n) is 28.3. The lowest BCUT2D eigenvalue weighted by Crippen LogP contribution is -2.63. The summed E-state index contributed by atoms with van der Waals surface area (Å²) in [5, 5.41) is 5.50. The summed E-state index contributed by atoms with van der Waals surface area (Å²) in [7, 11) is -2.15. The molecule has 0 aromatic heterocycles. The van der Waals surface area contributed by atoms with Gasteiger partial charge in [0, 0.05) is 12.5 Å². The van der Waals surface area contributed by atoms with Crippen LogP contribution in [0.5, 0.6) is 0 Å². The predicted molar refractivity (Wildman–Crippen MR) is 184 cm³/mol. The Kier molecular flexibility index (Phi) is 10.4. The molecular weight excluding hydrogens is 611 g/mol. The number of fused-ring (bicyclic) bond motifs is 3. The number of hydrazine groups is 1. The Morgan fingerprint density at radius 2 is 1.47 bits per heavy atom. The van der Waals surface area contributed by atoms with E-state index in [0.29, 0.717) is 19.4 Å². The summed E-state index contributed by atoms with van der Waals surface area (Å²) in [6, 6.07) is 24.3. The Balaban J connectivity index is 1.28. The van der Waals surface area contributed by atoms with Gasteiger partial charge in [0.05, 0.1) is 12.6 Å². The molecule has 0 unspecified atom stereocenters. The molecule has 3 aromatic rings. The van der Waals surface area contributed by atoms with Crippen LogP contribution in [0.15, 0.2) is 78.9 Å². The Hall–Kier alpha value is -4.15. The van der Waals surface area contributed by atoms with Gasteiger partial charge in [-0.05, 0) is 65.7 Å². The maximum atomic E-state index is 14.1. The molecule has 1 heterocycles. The average molecular weight is 658 g/mol. The summed E-state index contributed by atoms with van der Waals surface area (Å²) in [4.78, 5) is 40.7. The molecule has 1 aliphatic heterocycles. The van der Waals surface area contributed by atoms with E-state index in [0.717, 1.165) is 27.8 Å². The quantitative estimate of drug-likeness (QED) is 0.240. The maximum absolute atomic E-state index is 14.1.